The molecule has 0 aromatic heterocycles. The lowest BCUT2D eigenvalue weighted by molar-refractivity contribution is 0.0698. The quantitative estimate of drug-likeness (QED) is 0.578. The van der Waals surface area contributed by atoms with Gasteiger partial charge in [0.2, 0.25) is 0 Å². The highest BCUT2D eigenvalue weighted by Crippen LogP contribution is 2.28. The summed E-state index contributed by atoms with van der Waals surface area (Å²) < 4.78 is 0. The molecule has 4 N–H and O–H groups in total. The van der Waals surface area contributed by atoms with Gasteiger partial charge in [0.05, 0.1) is 16.8 Å². The van der Waals surface area contributed by atoms with Crippen molar-refractivity contribution in [2.45, 2.75) is 12.8 Å². The third kappa shape index (κ3) is 3.20. The molecule has 0 aliphatic rings. The molecule has 0 atom stereocenters. The standard InChI is InChI=1S/C16H15NO4/c17-15-11(16(20)21)7-9-13(19)14(15)12(18)8-6-10-4-2-1-3-5-10/h1-5,7,9,19H,6,8,17H2,(H,20,21). The van der Waals surface area contributed by atoms with Crippen LogP contribution in [-0.2, 0) is 6.42 Å². The summed E-state index contributed by atoms with van der Waals surface area (Å²) in [5.41, 5.74) is 6.18. The zero-order valence-corrected chi connectivity index (χ0v) is 11.2. The number of phenolic OH excluding ortho intramolecular Hbond substituents is 1. The first-order valence-corrected chi connectivity index (χ1v) is 6.42. The van der Waals surface area contributed by atoms with Crippen molar-refractivity contribution in [3.8, 4) is 5.75 Å². The van der Waals surface area contributed by atoms with Gasteiger partial charge in [0.1, 0.15) is 5.75 Å². The second-order valence-electron chi connectivity index (χ2n) is 4.63. The van der Waals surface area contributed by atoms with Crippen molar-refractivity contribution in [3.05, 3.63) is 59.2 Å². The number of carboxylic acids is 1. The molecule has 0 unspecified atom stereocenters. The normalized spacial score (nSPS) is 10.3. The molecule has 0 saturated heterocycles. The number of rotatable bonds is 5. The van der Waals surface area contributed by atoms with Crippen LogP contribution < -0.4 is 5.73 Å². The molecule has 0 spiro atoms. The van der Waals surface area contributed by atoms with Gasteiger partial charge in [-0.15, -0.1) is 0 Å². The molecule has 0 aliphatic heterocycles. The molecule has 5 nitrogen and oxygen atoms in total. The van der Waals surface area contributed by atoms with Gasteiger partial charge in [0.25, 0.3) is 0 Å². The average Bonchev–Trinajstić information content (AvgIpc) is 2.46. The highest BCUT2D eigenvalue weighted by Gasteiger charge is 2.20. The molecule has 2 aromatic carbocycles. The van der Waals surface area contributed by atoms with Gasteiger partial charge < -0.3 is 15.9 Å². The number of hydrogen-bond donors (Lipinski definition) is 3. The van der Waals surface area contributed by atoms with Gasteiger partial charge in [-0.1, -0.05) is 30.3 Å². The lowest BCUT2D eigenvalue weighted by Crippen LogP contribution is -2.10. The number of Topliss-reactive ketones (excluding diaryl/α,β-unsaturated/α-hetero) is 1. The first-order chi connectivity index (χ1) is 10.0. The van der Waals surface area contributed by atoms with E-state index >= 15 is 0 Å². The SMILES string of the molecule is Nc1c(C(=O)O)ccc(O)c1C(=O)CCc1ccccc1. The number of phenols is 1. The van der Waals surface area contributed by atoms with E-state index in [1.54, 1.807) is 0 Å². The summed E-state index contributed by atoms with van der Waals surface area (Å²) in [5, 5.41) is 18.8. The topological polar surface area (TPSA) is 101 Å². The number of aromatic hydroxyl groups is 1. The first kappa shape index (κ1) is 14.6. The van der Waals surface area contributed by atoms with Crippen molar-refractivity contribution in [2.75, 3.05) is 5.73 Å². The zero-order chi connectivity index (χ0) is 15.4. The second kappa shape index (κ2) is 6.09. The molecule has 2 aromatic rings. The van der Waals surface area contributed by atoms with Crippen LogP contribution >= 0.6 is 0 Å². The van der Waals surface area contributed by atoms with Gasteiger partial charge in [0.15, 0.2) is 5.78 Å². The number of nitrogens with two attached hydrogens (primary N) is 1. The van der Waals surface area contributed by atoms with Crippen LogP contribution in [0.15, 0.2) is 42.5 Å². The number of aryl methyl sites for hydroxylation is 1. The molecule has 5 heteroatoms. The Hall–Kier alpha value is -2.82. The third-order valence-electron chi connectivity index (χ3n) is 3.22. The van der Waals surface area contributed by atoms with E-state index in [-0.39, 0.29) is 34.8 Å². The van der Waals surface area contributed by atoms with Gasteiger partial charge in [-0.25, -0.2) is 4.79 Å². The van der Waals surface area contributed by atoms with Crippen LogP contribution in [0.1, 0.15) is 32.7 Å². The number of nitrogen functional groups attached to an aromatic ring is 1. The summed E-state index contributed by atoms with van der Waals surface area (Å²) in [6.45, 7) is 0. The fourth-order valence-electron chi connectivity index (χ4n) is 2.12. The molecule has 0 heterocycles. The molecular weight excluding hydrogens is 270 g/mol. The van der Waals surface area contributed by atoms with Gasteiger partial charge in [-0.2, -0.15) is 0 Å². The zero-order valence-electron chi connectivity index (χ0n) is 11.2. The number of carbonyl (C=O) groups is 2. The summed E-state index contributed by atoms with van der Waals surface area (Å²) in [6.07, 6.45) is 0.640. The van der Waals surface area contributed by atoms with E-state index in [1.165, 1.54) is 12.1 Å². The van der Waals surface area contributed by atoms with Crippen molar-refractivity contribution >= 4 is 17.4 Å². The van der Waals surface area contributed by atoms with Gasteiger partial charge >= 0.3 is 5.97 Å². The molecule has 0 saturated carbocycles. The molecule has 0 amide bonds. The number of aromatic carboxylic acids is 1. The summed E-state index contributed by atoms with van der Waals surface area (Å²) >= 11 is 0. The van der Waals surface area contributed by atoms with Crippen LogP contribution in [0.5, 0.6) is 5.75 Å². The molecule has 108 valence electrons. The Morgan fingerprint density at radius 2 is 1.71 bits per heavy atom. The maximum Gasteiger partial charge on any atom is 0.337 e. The van der Waals surface area contributed by atoms with E-state index in [0.29, 0.717) is 6.42 Å². The summed E-state index contributed by atoms with van der Waals surface area (Å²) in [7, 11) is 0. The van der Waals surface area contributed by atoms with Crippen molar-refractivity contribution in [1.82, 2.24) is 0 Å². The van der Waals surface area contributed by atoms with E-state index in [0.717, 1.165) is 5.56 Å². The second-order valence-corrected chi connectivity index (χ2v) is 4.63. The predicted molar refractivity (Wildman–Crippen MR) is 78.6 cm³/mol. The minimum Gasteiger partial charge on any atom is -0.507 e. The third-order valence-corrected chi connectivity index (χ3v) is 3.22. The maximum atomic E-state index is 12.2. The van der Waals surface area contributed by atoms with Gasteiger partial charge in [-0.05, 0) is 24.1 Å². The van der Waals surface area contributed by atoms with Crippen LogP contribution in [0.25, 0.3) is 0 Å². The summed E-state index contributed by atoms with van der Waals surface area (Å²) in [6, 6.07) is 11.8. The minimum absolute atomic E-state index is 0.120. The van der Waals surface area contributed by atoms with E-state index in [4.69, 9.17) is 10.8 Å². The highest BCUT2D eigenvalue weighted by atomic mass is 16.4. The van der Waals surface area contributed by atoms with E-state index in [9.17, 15) is 14.7 Å². The Morgan fingerprint density at radius 3 is 2.33 bits per heavy atom. The van der Waals surface area contributed by atoms with Crippen molar-refractivity contribution in [2.24, 2.45) is 0 Å². The number of ketones is 1. The Kier molecular flexibility index (Phi) is 4.23. The predicted octanol–water partition coefficient (Wildman–Crippen LogP) is 2.49. The number of hydrogen-bond acceptors (Lipinski definition) is 4. The highest BCUT2D eigenvalue weighted by molar-refractivity contribution is 6.08. The molecular formula is C16H15NO4. The Labute approximate surface area is 121 Å². The smallest absolute Gasteiger partial charge is 0.337 e. The average molecular weight is 285 g/mol. The van der Waals surface area contributed by atoms with Crippen LogP contribution in [0.4, 0.5) is 5.69 Å². The van der Waals surface area contributed by atoms with Crippen LogP contribution in [0, 0.1) is 0 Å². The van der Waals surface area contributed by atoms with Crippen LogP contribution in [0.3, 0.4) is 0 Å². The Morgan fingerprint density at radius 1 is 1.05 bits per heavy atom. The van der Waals surface area contributed by atoms with Crippen LogP contribution in [-0.4, -0.2) is 22.0 Å². The number of carbonyl (C=O) groups excluding carboxylic acids is 1. The van der Waals surface area contributed by atoms with Crippen molar-refractivity contribution in [3.63, 3.8) is 0 Å². The number of carboxylic acid groups (broad SMARTS) is 1. The lowest BCUT2D eigenvalue weighted by Gasteiger charge is -2.10. The molecule has 2 rings (SSSR count). The van der Waals surface area contributed by atoms with Gasteiger partial charge in [-0.3, -0.25) is 4.79 Å². The molecule has 0 bridgehead atoms. The van der Waals surface area contributed by atoms with Crippen LogP contribution in [0.2, 0.25) is 0 Å². The number of benzene rings is 2. The minimum atomic E-state index is -1.23. The molecule has 0 aliphatic carbocycles. The summed E-state index contributed by atoms with van der Waals surface area (Å²) in [4.78, 5) is 23.2. The maximum absolute atomic E-state index is 12.2. The van der Waals surface area contributed by atoms with E-state index < -0.39 is 5.97 Å². The monoisotopic (exact) mass is 285 g/mol. The van der Waals surface area contributed by atoms with Crippen molar-refractivity contribution < 1.29 is 19.8 Å². The largest absolute Gasteiger partial charge is 0.507 e. The first-order valence-electron chi connectivity index (χ1n) is 6.42. The van der Waals surface area contributed by atoms with Crippen molar-refractivity contribution in [1.29, 1.82) is 0 Å². The fourth-order valence-corrected chi connectivity index (χ4v) is 2.12. The lowest BCUT2D eigenvalue weighted by atomic mass is 9.98. The van der Waals surface area contributed by atoms with E-state index in [2.05, 4.69) is 0 Å². The Bertz CT molecular complexity index is 680. The Balaban J connectivity index is 2.23. The molecule has 21 heavy (non-hydrogen) atoms. The summed E-state index contributed by atoms with van der Waals surface area (Å²) in [5.74, 6) is -1.91. The molecule has 0 radical (unpaired) electrons. The number of anilines is 1. The van der Waals surface area contributed by atoms with Gasteiger partial charge in [0, 0.05) is 6.42 Å². The fraction of sp³-hybridized carbons (Fsp3) is 0.125. The molecule has 0 fully saturated rings. The van der Waals surface area contributed by atoms with E-state index in [1.807, 2.05) is 30.3 Å².